The molecule has 0 spiro atoms. The van der Waals surface area contributed by atoms with E-state index in [2.05, 4.69) is 16.2 Å². The van der Waals surface area contributed by atoms with Crippen molar-refractivity contribution in [3.05, 3.63) is 0 Å². The van der Waals surface area contributed by atoms with Crippen LogP contribution in [0.4, 0.5) is 0 Å². The van der Waals surface area contributed by atoms with Gasteiger partial charge in [-0.3, -0.25) is 4.79 Å². The molecule has 0 aromatic heterocycles. The second-order valence-electron chi connectivity index (χ2n) is 2.60. The third-order valence-electron chi connectivity index (χ3n) is 1.75. The van der Waals surface area contributed by atoms with Crippen molar-refractivity contribution in [2.24, 2.45) is 0 Å². The highest BCUT2D eigenvalue weighted by Gasteiger charge is 2.19. The number of carbonyl (C=O) groups is 1. The van der Waals surface area contributed by atoms with Crippen LogP contribution in [0, 0.1) is 11.3 Å². The molecular weight excluding hydrogens is 158 g/mol. The van der Waals surface area contributed by atoms with E-state index in [-0.39, 0.29) is 6.04 Å². The number of hydrogen-bond donors (Lipinski definition) is 1. The Hall–Kier alpha value is -1.12. The number of hydroxylamine groups is 2. The highest BCUT2D eigenvalue weighted by atomic mass is 16.7. The lowest BCUT2D eigenvalue weighted by Gasteiger charge is -2.29. The van der Waals surface area contributed by atoms with Crippen LogP contribution in [0.25, 0.3) is 0 Å². The maximum absolute atomic E-state index is 9.99. The molecular formula is C7H11N3O2. The third-order valence-corrected chi connectivity index (χ3v) is 1.75. The highest BCUT2D eigenvalue weighted by Crippen LogP contribution is 2.01. The normalized spacial score (nSPS) is 24.4. The Kier molecular flexibility index (Phi) is 3.51. The first-order valence-electron chi connectivity index (χ1n) is 3.82. The van der Waals surface area contributed by atoms with Crippen LogP contribution < -0.4 is 5.32 Å². The second-order valence-corrected chi connectivity index (χ2v) is 2.60. The predicted molar refractivity (Wildman–Crippen MR) is 40.7 cm³/mol. The van der Waals surface area contributed by atoms with Crippen molar-refractivity contribution in [1.29, 1.82) is 5.26 Å². The van der Waals surface area contributed by atoms with E-state index >= 15 is 0 Å². The average molecular weight is 169 g/mol. The summed E-state index contributed by atoms with van der Waals surface area (Å²) in [6, 6.07) is 2.18. The minimum Gasteiger partial charge on any atom is -0.371 e. The van der Waals surface area contributed by atoms with Gasteiger partial charge in [-0.15, -0.1) is 5.06 Å². The minimum atomic E-state index is 0.115. The van der Waals surface area contributed by atoms with Gasteiger partial charge in [0, 0.05) is 19.1 Å². The van der Waals surface area contributed by atoms with Gasteiger partial charge in [0.2, 0.25) is 0 Å². The van der Waals surface area contributed by atoms with Gasteiger partial charge in [0.05, 0.1) is 19.0 Å². The van der Waals surface area contributed by atoms with Crippen LogP contribution in [0.2, 0.25) is 0 Å². The molecule has 5 nitrogen and oxygen atoms in total. The molecule has 0 bridgehead atoms. The average Bonchev–Trinajstić information content (AvgIpc) is 2.06. The van der Waals surface area contributed by atoms with Gasteiger partial charge < -0.3 is 10.2 Å². The van der Waals surface area contributed by atoms with Crippen LogP contribution in [-0.4, -0.2) is 37.2 Å². The zero-order chi connectivity index (χ0) is 8.81. The Bertz CT molecular complexity index is 190. The molecule has 1 rings (SSSR count). The SMILES string of the molecule is N#CC[C@@H]1CN(OC=O)CCN1. The molecule has 0 unspecified atom stereocenters. The lowest BCUT2D eigenvalue weighted by molar-refractivity contribution is -0.178. The monoisotopic (exact) mass is 169 g/mol. The molecule has 0 amide bonds. The summed E-state index contributed by atoms with van der Waals surface area (Å²) in [6.07, 6.45) is 0.443. The van der Waals surface area contributed by atoms with Gasteiger partial charge >= 0.3 is 6.47 Å². The molecule has 12 heavy (non-hydrogen) atoms. The van der Waals surface area contributed by atoms with Gasteiger partial charge in [-0.2, -0.15) is 5.26 Å². The van der Waals surface area contributed by atoms with Crippen molar-refractivity contribution in [1.82, 2.24) is 10.4 Å². The molecule has 1 N–H and O–H groups in total. The summed E-state index contributed by atoms with van der Waals surface area (Å²) < 4.78 is 0. The summed E-state index contributed by atoms with van der Waals surface area (Å²) in [5, 5.41) is 13.1. The molecule has 1 heterocycles. The van der Waals surface area contributed by atoms with Crippen LogP contribution in [0.1, 0.15) is 6.42 Å². The van der Waals surface area contributed by atoms with Crippen molar-refractivity contribution in [3.63, 3.8) is 0 Å². The number of hydrogen-bond acceptors (Lipinski definition) is 5. The van der Waals surface area contributed by atoms with Crippen LogP contribution in [0.15, 0.2) is 0 Å². The number of carbonyl (C=O) groups excluding carboxylic acids is 1. The second kappa shape index (κ2) is 4.70. The van der Waals surface area contributed by atoms with Gasteiger partial charge in [-0.05, 0) is 0 Å². The smallest absolute Gasteiger partial charge is 0.312 e. The molecule has 1 saturated heterocycles. The Morgan fingerprint density at radius 3 is 3.33 bits per heavy atom. The van der Waals surface area contributed by atoms with Crippen LogP contribution in [-0.2, 0) is 9.63 Å². The molecule has 0 aromatic carbocycles. The lowest BCUT2D eigenvalue weighted by atomic mass is 10.2. The van der Waals surface area contributed by atoms with Crippen LogP contribution in [0.5, 0.6) is 0 Å². The first-order valence-corrected chi connectivity index (χ1v) is 3.82. The first kappa shape index (κ1) is 8.97. The fourth-order valence-electron chi connectivity index (χ4n) is 1.20. The van der Waals surface area contributed by atoms with Gasteiger partial charge in [0.25, 0.3) is 0 Å². The van der Waals surface area contributed by atoms with E-state index in [9.17, 15) is 4.79 Å². The van der Waals surface area contributed by atoms with Gasteiger partial charge in [-0.25, -0.2) is 0 Å². The third kappa shape index (κ3) is 2.49. The van der Waals surface area contributed by atoms with E-state index in [0.29, 0.717) is 26.0 Å². The van der Waals surface area contributed by atoms with Gasteiger partial charge in [0.15, 0.2) is 0 Å². The number of nitriles is 1. The summed E-state index contributed by atoms with van der Waals surface area (Å²) >= 11 is 0. The number of nitrogens with one attached hydrogen (secondary N) is 1. The molecule has 0 aromatic rings. The fourth-order valence-corrected chi connectivity index (χ4v) is 1.20. The summed E-state index contributed by atoms with van der Waals surface area (Å²) in [6.45, 7) is 2.43. The van der Waals surface area contributed by atoms with E-state index < -0.39 is 0 Å². The zero-order valence-electron chi connectivity index (χ0n) is 6.69. The van der Waals surface area contributed by atoms with Crippen molar-refractivity contribution in [2.75, 3.05) is 19.6 Å². The first-order chi connectivity index (χ1) is 5.86. The Balaban J connectivity index is 2.30. The molecule has 1 atom stereocenters. The van der Waals surface area contributed by atoms with Crippen molar-refractivity contribution in [2.45, 2.75) is 12.5 Å². The Labute approximate surface area is 70.9 Å². The van der Waals surface area contributed by atoms with E-state index in [4.69, 9.17) is 5.26 Å². The van der Waals surface area contributed by atoms with Gasteiger partial charge in [-0.1, -0.05) is 0 Å². The highest BCUT2D eigenvalue weighted by molar-refractivity contribution is 5.36. The van der Waals surface area contributed by atoms with Crippen molar-refractivity contribution in [3.8, 4) is 6.07 Å². The molecule has 1 aliphatic heterocycles. The summed E-state index contributed by atoms with van der Waals surface area (Å²) in [5.74, 6) is 0. The van der Waals surface area contributed by atoms with E-state index in [1.807, 2.05) is 0 Å². The quantitative estimate of drug-likeness (QED) is 0.564. The predicted octanol–water partition coefficient (Wildman–Crippen LogP) is -0.738. The topological polar surface area (TPSA) is 65.4 Å². The Morgan fingerprint density at radius 2 is 2.67 bits per heavy atom. The van der Waals surface area contributed by atoms with Crippen molar-refractivity contribution >= 4 is 6.47 Å². The van der Waals surface area contributed by atoms with Crippen LogP contribution >= 0.6 is 0 Å². The number of rotatable bonds is 3. The molecule has 1 fully saturated rings. The molecule has 5 heteroatoms. The van der Waals surface area contributed by atoms with Gasteiger partial charge in [0.1, 0.15) is 0 Å². The zero-order valence-corrected chi connectivity index (χ0v) is 6.69. The maximum Gasteiger partial charge on any atom is 0.312 e. The van der Waals surface area contributed by atoms with E-state index in [1.165, 1.54) is 0 Å². The summed E-state index contributed by atoms with van der Waals surface area (Å²) in [7, 11) is 0. The number of piperazine rings is 1. The standard InChI is InChI=1S/C7H11N3O2/c8-2-1-7-5-10(12-6-11)4-3-9-7/h6-7,9H,1,3-5H2/t7-/m1/s1. The molecule has 0 aliphatic carbocycles. The molecule has 0 radical (unpaired) electrons. The minimum absolute atomic E-state index is 0.115. The van der Waals surface area contributed by atoms with E-state index in [0.717, 1.165) is 6.54 Å². The fraction of sp³-hybridized carbons (Fsp3) is 0.714. The summed E-state index contributed by atoms with van der Waals surface area (Å²) in [5.41, 5.74) is 0. The largest absolute Gasteiger partial charge is 0.371 e. The molecule has 0 saturated carbocycles. The van der Waals surface area contributed by atoms with E-state index in [1.54, 1.807) is 5.06 Å². The Morgan fingerprint density at radius 1 is 1.83 bits per heavy atom. The van der Waals surface area contributed by atoms with Crippen LogP contribution in [0.3, 0.4) is 0 Å². The maximum atomic E-state index is 9.99. The summed E-state index contributed by atoms with van der Waals surface area (Å²) in [4.78, 5) is 14.7. The molecule has 1 aliphatic rings. The molecule has 66 valence electrons. The lowest BCUT2D eigenvalue weighted by Crippen LogP contribution is -2.50. The number of nitrogens with zero attached hydrogens (tertiary/aromatic N) is 2. The van der Waals surface area contributed by atoms with Crippen molar-refractivity contribution < 1.29 is 9.63 Å².